The van der Waals surface area contributed by atoms with Crippen LogP contribution in [0.2, 0.25) is 5.02 Å². The number of hydrogen-bond donors (Lipinski definition) is 2. The second kappa shape index (κ2) is 10.8. The van der Waals surface area contributed by atoms with Crippen molar-refractivity contribution >= 4 is 39.1 Å². The van der Waals surface area contributed by atoms with Crippen LogP contribution in [0.5, 0.6) is 5.75 Å². The van der Waals surface area contributed by atoms with Gasteiger partial charge in [-0.3, -0.25) is 14.6 Å². The van der Waals surface area contributed by atoms with Crippen molar-refractivity contribution in [2.75, 3.05) is 39.3 Å². The van der Waals surface area contributed by atoms with Crippen molar-refractivity contribution in [3.05, 3.63) is 58.1 Å². The highest BCUT2D eigenvalue weighted by Crippen LogP contribution is 2.27. The van der Waals surface area contributed by atoms with Crippen LogP contribution in [0.4, 0.5) is 0 Å². The number of primary amides is 1. The number of hydrogen-bond acceptors (Lipinski definition) is 7. The summed E-state index contributed by atoms with van der Waals surface area (Å²) in [4.78, 5) is 20.7. The van der Waals surface area contributed by atoms with Gasteiger partial charge in [0.1, 0.15) is 18.5 Å². The first kappa shape index (κ1) is 23.9. The second-order valence-corrected chi connectivity index (χ2v) is 10.1. The summed E-state index contributed by atoms with van der Waals surface area (Å²) in [6.07, 6.45) is -0.330. The standard InChI is InChI=1S/C24H29ClN4O3S/c1-16-27-21-12-20(6-7-23(21)33-16)32-15-19(30)14-28-8-10-29(11-9-28)22(13-24(26)31)17-2-4-18(25)5-3-17/h2-7,12,19,22,30H,8-11,13-15H2,1H3,(H2,26,31)/t19-,22?/m1/s1. The molecule has 1 aliphatic rings. The number of nitrogens with zero attached hydrogens (tertiary/aromatic N) is 3. The maximum Gasteiger partial charge on any atom is 0.219 e. The summed E-state index contributed by atoms with van der Waals surface area (Å²) >= 11 is 7.67. The molecule has 1 amide bonds. The molecule has 0 radical (unpaired) electrons. The van der Waals surface area contributed by atoms with Gasteiger partial charge < -0.3 is 15.6 Å². The Hall–Kier alpha value is -2.23. The Morgan fingerprint density at radius 3 is 2.64 bits per heavy atom. The zero-order valence-electron chi connectivity index (χ0n) is 18.6. The molecular formula is C24H29ClN4O3S. The summed E-state index contributed by atoms with van der Waals surface area (Å²) in [6, 6.07) is 13.3. The third-order valence-electron chi connectivity index (χ3n) is 5.87. The van der Waals surface area contributed by atoms with E-state index in [0.717, 1.165) is 47.0 Å². The van der Waals surface area contributed by atoms with E-state index in [4.69, 9.17) is 22.1 Å². The molecular weight excluding hydrogens is 460 g/mol. The molecule has 176 valence electrons. The van der Waals surface area contributed by atoms with E-state index in [-0.39, 0.29) is 25.0 Å². The van der Waals surface area contributed by atoms with Gasteiger partial charge in [-0.1, -0.05) is 23.7 Å². The van der Waals surface area contributed by atoms with Gasteiger partial charge in [-0.05, 0) is 36.8 Å². The molecule has 1 aliphatic heterocycles. The number of piperazine rings is 1. The van der Waals surface area contributed by atoms with E-state index < -0.39 is 6.10 Å². The average Bonchev–Trinajstić information content (AvgIpc) is 3.16. The van der Waals surface area contributed by atoms with Crippen molar-refractivity contribution in [3.8, 4) is 5.75 Å². The van der Waals surface area contributed by atoms with Crippen molar-refractivity contribution in [2.24, 2.45) is 5.73 Å². The highest BCUT2D eigenvalue weighted by molar-refractivity contribution is 7.18. The number of nitrogens with two attached hydrogens (primary N) is 1. The van der Waals surface area contributed by atoms with E-state index in [1.807, 2.05) is 49.4 Å². The van der Waals surface area contributed by atoms with Gasteiger partial charge in [-0.25, -0.2) is 4.98 Å². The van der Waals surface area contributed by atoms with Crippen molar-refractivity contribution in [3.63, 3.8) is 0 Å². The van der Waals surface area contributed by atoms with Crippen LogP contribution in [0.15, 0.2) is 42.5 Å². The minimum atomic E-state index is -0.595. The van der Waals surface area contributed by atoms with Gasteiger partial charge in [0.05, 0.1) is 15.2 Å². The molecule has 2 atom stereocenters. The van der Waals surface area contributed by atoms with Crippen molar-refractivity contribution in [1.29, 1.82) is 0 Å². The van der Waals surface area contributed by atoms with Crippen molar-refractivity contribution in [1.82, 2.24) is 14.8 Å². The molecule has 33 heavy (non-hydrogen) atoms. The number of carbonyl (C=O) groups is 1. The van der Waals surface area contributed by atoms with Crippen LogP contribution in [0.25, 0.3) is 10.2 Å². The molecule has 2 aromatic carbocycles. The molecule has 1 saturated heterocycles. The third-order valence-corrected chi connectivity index (χ3v) is 7.08. The van der Waals surface area contributed by atoms with Crippen LogP contribution in [0.1, 0.15) is 23.0 Å². The summed E-state index contributed by atoms with van der Waals surface area (Å²) in [6.45, 7) is 5.91. The molecule has 0 aliphatic carbocycles. The van der Waals surface area contributed by atoms with E-state index >= 15 is 0 Å². The van der Waals surface area contributed by atoms with E-state index in [0.29, 0.717) is 17.3 Å². The molecule has 9 heteroatoms. The van der Waals surface area contributed by atoms with Crippen LogP contribution in [-0.2, 0) is 4.79 Å². The molecule has 0 saturated carbocycles. The highest BCUT2D eigenvalue weighted by Gasteiger charge is 2.27. The molecule has 2 heterocycles. The molecule has 0 bridgehead atoms. The Morgan fingerprint density at radius 1 is 1.21 bits per heavy atom. The third kappa shape index (κ3) is 6.43. The lowest BCUT2D eigenvalue weighted by Crippen LogP contribution is -2.50. The monoisotopic (exact) mass is 488 g/mol. The molecule has 1 fully saturated rings. The molecule has 3 aromatic rings. The fourth-order valence-corrected chi connectivity index (χ4v) is 5.18. The minimum Gasteiger partial charge on any atom is -0.491 e. The highest BCUT2D eigenvalue weighted by atomic mass is 35.5. The predicted octanol–water partition coefficient (Wildman–Crippen LogP) is 3.23. The lowest BCUT2D eigenvalue weighted by molar-refractivity contribution is -0.119. The maximum absolute atomic E-state index is 11.7. The molecule has 7 nitrogen and oxygen atoms in total. The lowest BCUT2D eigenvalue weighted by Gasteiger charge is -2.39. The zero-order chi connectivity index (χ0) is 23.4. The number of aliphatic hydroxyl groups excluding tert-OH is 1. The van der Waals surface area contributed by atoms with Gasteiger partial charge in [-0.2, -0.15) is 0 Å². The number of carbonyl (C=O) groups excluding carboxylic acids is 1. The van der Waals surface area contributed by atoms with Gasteiger partial charge in [0.2, 0.25) is 5.91 Å². The number of β-amino-alcohol motifs (C(OH)–C–C–N with tert-alkyl or cyclic N) is 1. The summed E-state index contributed by atoms with van der Waals surface area (Å²) in [7, 11) is 0. The van der Waals surface area contributed by atoms with Gasteiger partial charge in [0.15, 0.2) is 0 Å². The molecule has 3 N–H and O–H groups in total. The number of ether oxygens (including phenoxy) is 1. The number of halogens is 1. The number of amides is 1. The molecule has 1 aromatic heterocycles. The Kier molecular flexibility index (Phi) is 7.82. The Balaban J connectivity index is 1.27. The Bertz CT molecular complexity index is 1080. The SMILES string of the molecule is Cc1nc2cc(OC[C@H](O)CN3CCN(C(CC(N)=O)c4ccc(Cl)cc4)CC3)ccc2s1. The fourth-order valence-electron chi connectivity index (χ4n) is 4.25. The molecule has 4 rings (SSSR count). The normalized spacial score (nSPS) is 17.2. The number of fused-ring (bicyclic) bond motifs is 1. The summed E-state index contributed by atoms with van der Waals surface area (Å²) in [5.41, 5.74) is 7.48. The van der Waals surface area contributed by atoms with Gasteiger partial charge in [0, 0.05) is 56.3 Å². The smallest absolute Gasteiger partial charge is 0.219 e. The maximum atomic E-state index is 11.7. The first-order valence-corrected chi connectivity index (χ1v) is 12.2. The molecule has 1 unspecified atom stereocenters. The van der Waals surface area contributed by atoms with Gasteiger partial charge >= 0.3 is 0 Å². The number of aryl methyl sites for hydroxylation is 1. The summed E-state index contributed by atoms with van der Waals surface area (Å²) in [5.74, 6) is 0.393. The van der Waals surface area contributed by atoms with Crippen molar-refractivity contribution < 1.29 is 14.6 Å². The van der Waals surface area contributed by atoms with Crippen LogP contribution in [0.3, 0.4) is 0 Å². The number of aliphatic hydroxyl groups is 1. The van der Waals surface area contributed by atoms with Gasteiger partial charge in [0.25, 0.3) is 0 Å². The molecule has 0 spiro atoms. The van der Waals surface area contributed by atoms with Crippen LogP contribution >= 0.6 is 22.9 Å². The average molecular weight is 489 g/mol. The summed E-state index contributed by atoms with van der Waals surface area (Å²) in [5, 5.41) is 12.2. The minimum absolute atomic E-state index is 0.0700. The number of thiazole rings is 1. The fraction of sp³-hybridized carbons (Fsp3) is 0.417. The van der Waals surface area contributed by atoms with Crippen LogP contribution < -0.4 is 10.5 Å². The van der Waals surface area contributed by atoms with Crippen molar-refractivity contribution in [2.45, 2.75) is 25.5 Å². The van der Waals surface area contributed by atoms with Gasteiger partial charge in [-0.15, -0.1) is 11.3 Å². The first-order valence-electron chi connectivity index (χ1n) is 11.1. The van der Waals surface area contributed by atoms with E-state index in [1.165, 1.54) is 0 Å². The quantitative estimate of drug-likeness (QED) is 0.480. The largest absolute Gasteiger partial charge is 0.491 e. The number of rotatable bonds is 9. The van der Waals surface area contributed by atoms with Crippen LogP contribution in [-0.4, -0.2) is 71.2 Å². The Labute approximate surface area is 202 Å². The Morgan fingerprint density at radius 2 is 1.94 bits per heavy atom. The second-order valence-electron chi connectivity index (χ2n) is 8.40. The topological polar surface area (TPSA) is 91.9 Å². The van der Waals surface area contributed by atoms with Crippen LogP contribution in [0, 0.1) is 6.92 Å². The predicted molar refractivity (Wildman–Crippen MR) is 132 cm³/mol. The number of benzene rings is 2. The zero-order valence-corrected chi connectivity index (χ0v) is 20.2. The lowest BCUT2D eigenvalue weighted by atomic mass is 10.0. The van der Waals surface area contributed by atoms with E-state index in [9.17, 15) is 9.90 Å². The van der Waals surface area contributed by atoms with E-state index in [1.54, 1.807) is 11.3 Å². The number of aromatic nitrogens is 1. The first-order chi connectivity index (χ1) is 15.9. The summed E-state index contributed by atoms with van der Waals surface area (Å²) < 4.78 is 6.94. The van der Waals surface area contributed by atoms with E-state index in [2.05, 4.69) is 14.8 Å².